The quantitative estimate of drug-likeness (QED) is 0.153. The second-order valence-corrected chi connectivity index (χ2v) is 4.87. The summed E-state index contributed by atoms with van der Waals surface area (Å²) in [7, 11) is 0. The van der Waals surface area contributed by atoms with Gasteiger partial charge in [0.1, 0.15) is 5.78 Å². The molecular formula is C9H20N4O17. The predicted molar refractivity (Wildman–Crippen MR) is 82.6 cm³/mol. The molecule has 1 aliphatic rings. The molecule has 0 radical (unpaired) electrons. The summed E-state index contributed by atoms with van der Waals surface area (Å²) >= 11 is 0. The number of hydrogen-bond donors (Lipinski definition) is 8. The standard InChI is InChI=1S/C9H16O5.4HNO3/c10-3-8(4-11)2-1-7(14)9(8,5-12)6-13;4*2-1(3)4/h10-13H,1-6H2;4*(H,2,3,4). The van der Waals surface area contributed by atoms with Crippen LogP contribution in [0, 0.1) is 51.3 Å². The van der Waals surface area contributed by atoms with Crippen LogP contribution < -0.4 is 0 Å². The van der Waals surface area contributed by atoms with Crippen molar-refractivity contribution in [3.8, 4) is 0 Å². The van der Waals surface area contributed by atoms with Crippen molar-refractivity contribution in [1.29, 1.82) is 0 Å². The lowest BCUT2D eigenvalue weighted by molar-refractivity contribution is -0.742. The molecule has 178 valence electrons. The maximum atomic E-state index is 11.5. The highest BCUT2D eigenvalue weighted by molar-refractivity contribution is 5.88. The van der Waals surface area contributed by atoms with Crippen molar-refractivity contribution >= 4 is 5.78 Å². The molecule has 0 saturated heterocycles. The SMILES string of the molecule is O=C1CCC(CO)(CO)C1(CO)CO.O=[N+]([O-])O.O=[N+]([O-])O.O=[N+]([O-])O.O=[N+]([O-])O. The molecule has 21 heteroatoms. The molecule has 0 unspecified atom stereocenters. The van der Waals surface area contributed by atoms with Gasteiger partial charge in [-0.25, -0.2) is 0 Å². The Morgan fingerprint density at radius 1 is 0.667 bits per heavy atom. The van der Waals surface area contributed by atoms with Crippen LogP contribution in [0.25, 0.3) is 0 Å². The van der Waals surface area contributed by atoms with E-state index in [1.165, 1.54) is 0 Å². The monoisotopic (exact) mass is 456 g/mol. The molecule has 0 atom stereocenters. The highest BCUT2D eigenvalue weighted by atomic mass is 16.9. The van der Waals surface area contributed by atoms with Gasteiger partial charge in [0.05, 0.1) is 31.8 Å². The molecule has 21 nitrogen and oxygen atoms in total. The summed E-state index contributed by atoms with van der Waals surface area (Å²) in [6.45, 7) is -1.89. The van der Waals surface area contributed by atoms with E-state index in [1.807, 2.05) is 0 Å². The third kappa shape index (κ3) is 15.4. The van der Waals surface area contributed by atoms with Gasteiger partial charge in [-0.15, -0.1) is 40.5 Å². The first-order valence-corrected chi connectivity index (χ1v) is 6.85. The Labute approximate surface area is 164 Å². The molecule has 1 saturated carbocycles. The summed E-state index contributed by atoms with van der Waals surface area (Å²) in [6.07, 6.45) is 0.488. The zero-order valence-electron chi connectivity index (χ0n) is 14.8. The largest absolute Gasteiger partial charge is 0.396 e. The number of aliphatic hydroxyl groups is 4. The van der Waals surface area contributed by atoms with Crippen LogP contribution in [0.15, 0.2) is 0 Å². The molecule has 1 aliphatic carbocycles. The molecule has 0 aromatic carbocycles. The number of hydrogen-bond acceptors (Lipinski definition) is 13. The maximum Gasteiger partial charge on any atom is 0.291 e. The van der Waals surface area contributed by atoms with Crippen LogP contribution in [0.3, 0.4) is 0 Å². The summed E-state index contributed by atoms with van der Waals surface area (Å²) in [4.78, 5) is 45.0. The molecule has 0 amide bonds. The topological polar surface area (TPSA) is 351 Å². The molecule has 1 fully saturated rings. The summed E-state index contributed by atoms with van der Waals surface area (Å²) in [5, 5.41) is 91.3. The lowest BCUT2D eigenvalue weighted by Crippen LogP contribution is -2.51. The van der Waals surface area contributed by atoms with Crippen molar-refractivity contribution in [2.24, 2.45) is 10.8 Å². The van der Waals surface area contributed by atoms with Gasteiger partial charge in [0.2, 0.25) is 0 Å². The molecule has 0 aromatic heterocycles. The Bertz CT molecular complexity index is 481. The number of nitrogens with zero attached hydrogens (tertiary/aromatic N) is 4. The fourth-order valence-electron chi connectivity index (χ4n) is 2.20. The van der Waals surface area contributed by atoms with E-state index in [4.69, 9.17) is 61.3 Å². The lowest BCUT2D eigenvalue weighted by Gasteiger charge is -2.39. The van der Waals surface area contributed by atoms with Gasteiger partial charge in [0.25, 0.3) is 20.3 Å². The summed E-state index contributed by atoms with van der Waals surface area (Å²) in [5.74, 6) is -0.286. The van der Waals surface area contributed by atoms with Crippen LogP contribution in [0.1, 0.15) is 12.8 Å². The summed E-state index contributed by atoms with van der Waals surface area (Å²) < 4.78 is 0. The molecule has 8 N–H and O–H groups in total. The highest BCUT2D eigenvalue weighted by Crippen LogP contribution is 2.49. The second kappa shape index (κ2) is 17.4. The van der Waals surface area contributed by atoms with Gasteiger partial charge in [-0.2, -0.15) is 0 Å². The van der Waals surface area contributed by atoms with Crippen LogP contribution >= 0.6 is 0 Å². The first-order valence-electron chi connectivity index (χ1n) is 6.85. The van der Waals surface area contributed by atoms with E-state index in [2.05, 4.69) is 0 Å². The van der Waals surface area contributed by atoms with Crippen molar-refractivity contribution in [2.45, 2.75) is 12.8 Å². The fraction of sp³-hybridized carbons (Fsp3) is 0.889. The molecule has 0 spiro atoms. The van der Waals surface area contributed by atoms with Crippen LogP contribution in [0.5, 0.6) is 0 Å². The van der Waals surface area contributed by atoms with E-state index in [-0.39, 0.29) is 12.2 Å². The van der Waals surface area contributed by atoms with Crippen molar-refractivity contribution in [3.63, 3.8) is 0 Å². The minimum Gasteiger partial charge on any atom is -0.396 e. The van der Waals surface area contributed by atoms with E-state index in [0.717, 1.165) is 0 Å². The average molecular weight is 456 g/mol. The highest BCUT2D eigenvalue weighted by Gasteiger charge is 2.59. The van der Waals surface area contributed by atoms with Gasteiger partial charge in [-0.05, 0) is 6.42 Å². The number of carbonyl (C=O) groups excluding carboxylic acids is 1. The van der Waals surface area contributed by atoms with Gasteiger partial charge >= 0.3 is 0 Å². The zero-order chi connectivity index (χ0) is 25.1. The maximum absolute atomic E-state index is 11.5. The smallest absolute Gasteiger partial charge is 0.291 e. The van der Waals surface area contributed by atoms with Crippen LogP contribution in [0.2, 0.25) is 0 Å². The fourth-order valence-corrected chi connectivity index (χ4v) is 2.20. The van der Waals surface area contributed by atoms with Gasteiger partial charge in [0.15, 0.2) is 0 Å². The normalized spacial score (nSPS) is 14.5. The Hall–Kier alpha value is -3.69. The van der Waals surface area contributed by atoms with Gasteiger partial charge in [0, 0.05) is 11.8 Å². The van der Waals surface area contributed by atoms with Gasteiger partial charge in [-0.1, -0.05) is 0 Å². The predicted octanol–water partition coefficient (Wildman–Crippen LogP) is -3.10. The van der Waals surface area contributed by atoms with Gasteiger partial charge in [-0.3, -0.25) is 4.79 Å². The number of Topliss-reactive ketones (excluding diaryl/α,β-unsaturated/α-hetero) is 1. The van der Waals surface area contributed by atoms with Gasteiger partial charge < -0.3 is 41.3 Å². The minimum absolute atomic E-state index is 0.183. The molecule has 1 rings (SSSR count). The summed E-state index contributed by atoms with van der Waals surface area (Å²) in [5.41, 5.74) is -2.45. The molecule has 0 aliphatic heterocycles. The second-order valence-electron chi connectivity index (χ2n) is 4.87. The van der Waals surface area contributed by atoms with E-state index >= 15 is 0 Å². The van der Waals surface area contributed by atoms with Crippen molar-refractivity contribution in [3.05, 3.63) is 40.5 Å². The van der Waals surface area contributed by atoms with Crippen molar-refractivity contribution < 1.29 is 66.4 Å². The third-order valence-corrected chi connectivity index (χ3v) is 3.52. The van der Waals surface area contributed by atoms with Crippen molar-refractivity contribution in [1.82, 2.24) is 0 Å². The molecule has 0 aromatic rings. The minimum atomic E-state index is -1.50. The molecule has 30 heavy (non-hydrogen) atoms. The van der Waals surface area contributed by atoms with Crippen molar-refractivity contribution in [2.75, 3.05) is 26.4 Å². The third-order valence-electron chi connectivity index (χ3n) is 3.52. The van der Waals surface area contributed by atoms with Crippen LogP contribution in [-0.2, 0) is 4.79 Å². The number of carbonyl (C=O) groups is 1. The number of ketones is 1. The summed E-state index contributed by atoms with van der Waals surface area (Å²) in [6, 6.07) is 0. The molecule has 0 bridgehead atoms. The Morgan fingerprint density at radius 2 is 0.900 bits per heavy atom. The Morgan fingerprint density at radius 3 is 1.03 bits per heavy atom. The first-order chi connectivity index (χ1) is 13.5. The van der Waals surface area contributed by atoms with E-state index in [9.17, 15) is 25.2 Å². The van der Waals surface area contributed by atoms with E-state index in [1.54, 1.807) is 0 Å². The average Bonchev–Trinajstić information content (AvgIpc) is 2.85. The molecule has 0 heterocycles. The van der Waals surface area contributed by atoms with E-state index in [0.29, 0.717) is 6.42 Å². The molecular weight excluding hydrogens is 436 g/mol. The Balaban J connectivity index is -0.000000174. The Kier molecular flexibility index (Phi) is 19.7. The number of aliphatic hydroxyl groups excluding tert-OH is 4. The lowest BCUT2D eigenvalue weighted by atomic mass is 9.67. The first kappa shape index (κ1) is 33.9. The zero-order valence-corrected chi connectivity index (χ0v) is 14.8. The van der Waals surface area contributed by atoms with Crippen LogP contribution in [0.4, 0.5) is 0 Å². The number of rotatable bonds is 4. The van der Waals surface area contributed by atoms with E-state index < -0.39 is 57.6 Å². The van der Waals surface area contributed by atoms with Crippen LogP contribution in [-0.4, -0.2) is 93.8 Å².